The highest BCUT2D eigenvalue weighted by Gasteiger charge is 2.40. The Hall–Kier alpha value is -2.91. The van der Waals surface area contributed by atoms with Gasteiger partial charge in [-0.3, -0.25) is 9.59 Å². The lowest BCUT2D eigenvalue weighted by atomic mass is 10.1. The number of sulfonamides is 1. The van der Waals surface area contributed by atoms with Crippen LogP contribution < -0.4 is 15.4 Å². The number of hydrogen-bond donors (Lipinski definition) is 2. The Morgan fingerprint density at radius 1 is 1.25 bits per heavy atom. The maximum absolute atomic E-state index is 13.5. The van der Waals surface area contributed by atoms with Crippen LogP contribution in [0.5, 0.6) is 5.75 Å². The molecule has 0 aliphatic carbocycles. The van der Waals surface area contributed by atoms with Gasteiger partial charge in [0.05, 0.1) is 10.6 Å². The number of amides is 2. The van der Waals surface area contributed by atoms with E-state index >= 15 is 0 Å². The maximum Gasteiger partial charge on any atom is 0.265 e. The summed E-state index contributed by atoms with van der Waals surface area (Å²) in [5.74, 6) is -0.323. The first-order valence-corrected chi connectivity index (χ1v) is 12.2. The number of ether oxygens (including phenoxy) is 1. The number of aryl methyl sites for hydroxylation is 2. The Balaban J connectivity index is 1.59. The highest BCUT2D eigenvalue weighted by Crippen LogP contribution is 2.37. The number of fused-ring (bicyclic) bond motifs is 1. The van der Waals surface area contributed by atoms with E-state index in [4.69, 9.17) is 4.74 Å². The zero-order valence-corrected chi connectivity index (χ0v) is 19.2. The molecule has 0 unspecified atom stereocenters. The highest BCUT2D eigenvalue weighted by molar-refractivity contribution is 7.89. The molecule has 2 aromatic rings. The molecule has 8 nitrogen and oxygen atoms in total. The molecule has 0 saturated carbocycles. The van der Waals surface area contributed by atoms with Crippen molar-refractivity contribution in [3.05, 3.63) is 47.5 Å². The Morgan fingerprint density at radius 2 is 1.97 bits per heavy atom. The Morgan fingerprint density at radius 3 is 2.66 bits per heavy atom. The second-order valence-corrected chi connectivity index (χ2v) is 10.0. The first-order chi connectivity index (χ1) is 15.2. The number of hydrogen-bond acceptors (Lipinski definition) is 5. The van der Waals surface area contributed by atoms with Gasteiger partial charge in [-0.1, -0.05) is 19.1 Å². The topological polar surface area (TPSA) is 105 Å². The third-order valence-electron chi connectivity index (χ3n) is 5.93. The lowest BCUT2D eigenvalue weighted by Crippen LogP contribution is -2.43. The fourth-order valence-electron chi connectivity index (χ4n) is 4.09. The van der Waals surface area contributed by atoms with Crippen LogP contribution in [-0.4, -0.2) is 43.2 Å². The van der Waals surface area contributed by atoms with Crippen molar-refractivity contribution in [1.82, 2.24) is 4.31 Å². The van der Waals surface area contributed by atoms with Crippen molar-refractivity contribution in [2.75, 3.05) is 17.2 Å². The van der Waals surface area contributed by atoms with Gasteiger partial charge in [-0.15, -0.1) is 0 Å². The minimum atomic E-state index is -3.95. The molecule has 2 aliphatic rings. The van der Waals surface area contributed by atoms with Crippen LogP contribution in [-0.2, 0) is 26.0 Å². The number of carbonyl (C=O) groups is 2. The number of nitrogens with zero attached hydrogens (tertiary/aromatic N) is 1. The number of carbonyl (C=O) groups excluding carboxylic acids is 2. The summed E-state index contributed by atoms with van der Waals surface area (Å²) in [4.78, 5) is 24.9. The summed E-state index contributed by atoms with van der Waals surface area (Å²) in [6.07, 6.45) is 1.23. The van der Waals surface area contributed by atoms with Crippen molar-refractivity contribution in [2.24, 2.45) is 0 Å². The number of nitrogens with one attached hydrogen (secondary N) is 2. The molecule has 2 heterocycles. The lowest BCUT2D eigenvalue weighted by molar-refractivity contribution is -0.122. The average molecular weight is 458 g/mol. The van der Waals surface area contributed by atoms with E-state index in [1.54, 1.807) is 19.9 Å². The van der Waals surface area contributed by atoms with Crippen LogP contribution in [0, 0.1) is 6.92 Å². The van der Waals surface area contributed by atoms with Gasteiger partial charge in [0.1, 0.15) is 11.8 Å². The maximum atomic E-state index is 13.5. The van der Waals surface area contributed by atoms with E-state index in [-0.39, 0.29) is 23.3 Å². The van der Waals surface area contributed by atoms with Gasteiger partial charge in [0.25, 0.3) is 5.91 Å². The standard InChI is InChI=1S/C23H27N3O5S/c1-4-16-7-9-17(10-8-16)24-23(28)19-6-5-11-26(19)32(29,30)21-13-20-18(12-14(21)2)25-22(27)15(3)31-20/h7-10,12-13,15,19H,4-6,11H2,1-3H3,(H,24,28)(H,25,27)/t15-,19-/m1/s1. The molecular weight excluding hydrogens is 430 g/mol. The molecule has 2 amide bonds. The SMILES string of the molecule is CCc1ccc(NC(=O)[C@H]2CCCN2S(=O)(=O)c2cc3c(cc2C)NC(=O)[C@@H](C)O3)cc1. The number of anilines is 2. The molecule has 0 bridgehead atoms. The van der Waals surface area contributed by atoms with Gasteiger partial charge in [0.15, 0.2) is 6.10 Å². The van der Waals surface area contributed by atoms with Crippen molar-refractivity contribution in [2.45, 2.75) is 57.1 Å². The Labute approximate surface area is 188 Å². The quantitative estimate of drug-likeness (QED) is 0.718. The van der Waals surface area contributed by atoms with Gasteiger partial charge in [-0.25, -0.2) is 8.42 Å². The molecule has 4 rings (SSSR count). The van der Waals surface area contributed by atoms with Gasteiger partial charge in [0.2, 0.25) is 15.9 Å². The molecule has 0 aromatic heterocycles. The van der Waals surface area contributed by atoms with Crippen molar-refractivity contribution in [1.29, 1.82) is 0 Å². The molecule has 0 radical (unpaired) electrons. The van der Waals surface area contributed by atoms with Crippen LogP contribution >= 0.6 is 0 Å². The summed E-state index contributed by atoms with van der Waals surface area (Å²) in [6, 6.07) is 9.76. The Kier molecular flexibility index (Phi) is 5.96. The molecular formula is C23H27N3O5S. The van der Waals surface area contributed by atoms with Crippen LogP contribution in [0.1, 0.15) is 37.8 Å². The van der Waals surface area contributed by atoms with E-state index < -0.39 is 22.2 Å². The van der Waals surface area contributed by atoms with Gasteiger partial charge < -0.3 is 15.4 Å². The molecule has 1 saturated heterocycles. The summed E-state index contributed by atoms with van der Waals surface area (Å²) in [6.45, 7) is 5.58. The van der Waals surface area contributed by atoms with E-state index in [1.807, 2.05) is 24.3 Å². The monoisotopic (exact) mass is 457 g/mol. The van der Waals surface area contributed by atoms with Gasteiger partial charge in [-0.05, 0) is 62.4 Å². The molecule has 2 atom stereocenters. The predicted molar refractivity (Wildman–Crippen MR) is 121 cm³/mol. The molecule has 0 spiro atoms. The van der Waals surface area contributed by atoms with E-state index in [0.717, 1.165) is 12.0 Å². The molecule has 2 aromatic carbocycles. The third kappa shape index (κ3) is 4.10. The predicted octanol–water partition coefficient (Wildman–Crippen LogP) is 3.07. The van der Waals surface area contributed by atoms with Crippen LogP contribution in [0.4, 0.5) is 11.4 Å². The zero-order valence-electron chi connectivity index (χ0n) is 18.3. The minimum absolute atomic E-state index is 0.0756. The smallest absolute Gasteiger partial charge is 0.265 e. The normalized spacial score (nSPS) is 20.9. The molecule has 2 aliphatic heterocycles. The van der Waals surface area contributed by atoms with Crippen molar-refractivity contribution in [3.8, 4) is 5.75 Å². The first kappa shape index (κ1) is 22.3. The van der Waals surface area contributed by atoms with Crippen LogP contribution in [0.3, 0.4) is 0 Å². The fraction of sp³-hybridized carbons (Fsp3) is 0.391. The number of benzene rings is 2. The van der Waals surface area contributed by atoms with Crippen LogP contribution in [0.25, 0.3) is 0 Å². The molecule has 170 valence electrons. The fourth-order valence-corrected chi connectivity index (χ4v) is 5.97. The summed E-state index contributed by atoms with van der Waals surface area (Å²) in [5, 5.41) is 5.57. The van der Waals surface area contributed by atoms with E-state index in [0.29, 0.717) is 35.5 Å². The van der Waals surface area contributed by atoms with Crippen molar-refractivity contribution < 1.29 is 22.7 Å². The summed E-state index contributed by atoms with van der Waals surface area (Å²) in [7, 11) is -3.95. The first-order valence-electron chi connectivity index (χ1n) is 10.7. The van der Waals surface area contributed by atoms with E-state index in [1.165, 1.54) is 10.4 Å². The summed E-state index contributed by atoms with van der Waals surface area (Å²) in [5.41, 5.74) is 2.71. The second kappa shape index (κ2) is 8.55. The molecule has 32 heavy (non-hydrogen) atoms. The van der Waals surface area contributed by atoms with Gasteiger partial charge >= 0.3 is 0 Å². The molecule has 2 N–H and O–H groups in total. The largest absolute Gasteiger partial charge is 0.479 e. The van der Waals surface area contributed by atoms with E-state index in [9.17, 15) is 18.0 Å². The van der Waals surface area contributed by atoms with E-state index in [2.05, 4.69) is 17.6 Å². The van der Waals surface area contributed by atoms with Gasteiger partial charge in [0, 0.05) is 18.3 Å². The lowest BCUT2D eigenvalue weighted by Gasteiger charge is -2.27. The van der Waals surface area contributed by atoms with Crippen molar-refractivity contribution in [3.63, 3.8) is 0 Å². The third-order valence-corrected chi connectivity index (χ3v) is 7.98. The van der Waals surface area contributed by atoms with Gasteiger partial charge in [-0.2, -0.15) is 4.31 Å². The minimum Gasteiger partial charge on any atom is -0.479 e. The average Bonchev–Trinajstić information content (AvgIpc) is 3.26. The summed E-state index contributed by atoms with van der Waals surface area (Å²) < 4.78 is 33.9. The molecule has 9 heteroatoms. The zero-order chi connectivity index (χ0) is 23.0. The highest BCUT2D eigenvalue weighted by atomic mass is 32.2. The van der Waals surface area contributed by atoms with Crippen LogP contribution in [0.15, 0.2) is 41.3 Å². The Bertz CT molecular complexity index is 1160. The second-order valence-electron chi connectivity index (χ2n) is 8.18. The van der Waals surface area contributed by atoms with Crippen LogP contribution in [0.2, 0.25) is 0 Å². The molecule has 1 fully saturated rings. The summed E-state index contributed by atoms with van der Waals surface area (Å²) >= 11 is 0. The van der Waals surface area contributed by atoms with Crippen molar-refractivity contribution >= 4 is 33.2 Å². The number of rotatable bonds is 5.